The van der Waals surface area contributed by atoms with Gasteiger partial charge in [-0.2, -0.15) is 0 Å². The molecule has 0 radical (unpaired) electrons. The van der Waals surface area contributed by atoms with Crippen LogP contribution in [0.3, 0.4) is 0 Å². The van der Waals surface area contributed by atoms with Crippen LogP contribution in [0.15, 0.2) is 18.4 Å². The highest BCUT2D eigenvalue weighted by atomic mass is 16.6. The van der Waals surface area contributed by atoms with E-state index in [1.165, 1.54) is 7.11 Å². The zero-order valence-electron chi connectivity index (χ0n) is 11.9. The van der Waals surface area contributed by atoms with Gasteiger partial charge in [0.1, 0.15) is 11.7 Å². The van der Waals surface area contributed by atoms with Crippen LogP contribution in [-0.2, 0) is 23.8 Å². The van der Waals surface area contributed by atoms with Gasteiger partial charge in [-0.15, -0.1) is 5.73 Å². The minimum atomic E-state index is -1.29. The predicted octanol–water partition coefficient (Wildman–Crippen LogP) is 1.76. The summed E-state index contributed by atoms with van der Waals surface area (Å²) in [5.74, 6) is -1.12. The molecule has 2 rings (SSSR count). The summed E-state index contributed by atoms with van der Waals surface area (Å²) in [5.41, 5.74) is 0.788. The first-order valence-corrected chi connectivity index (χ1v) is 6.76. The van der Waals surface area contributed by atoms with Crippen molar-refractivity contribution in [3.05, 3.63) is 18.4 Å². The van der Waals surface area contributed by atoms with Gasteiger partial charge in [-0.1, -0.05) is 6.58 Å². The van der Waals surface area contributed by atoms with E-state index in [4.69, 9.17) is 14.2 Å². The molecule has 5 nitrogen and oxygen atoms in total. The van der Waals surface area contributed by atoms with Gasteiger partial charge in [0.15, 0.2) is 5.41 Å². The SMILES string of the molecule is C=C=CCC1(C(=O)OC)CC(C2(C)CCCO2)OC1=O. The average molecular weight is 280 g/mol. The Bertz CT molecular complexity index is 457. The number of methoxy groups -OCH3 is 1. The van der Waals surface area contributed by atoms with Gasteiger partial charge in [-0.05, 0) is 32.3 Å². The first-order valence-electron chi connectivity index (χ1n) is 6.76. The molecule has 5 heteroatoms. The number of cyclic esters (lactones) is 1. The highest BCUT2D eigenvalue weighted by Crippen LogP contribution is 2.45. The van der Waals surface area contributed by atoms with Gasteiger partial charge in [0.25, 0.3) is 0 Å². The van der Waals surface area contributed by atoms with Crippen LogP contribution in [0.1, 0.15) is 32.6 Å². The number of hydrogen-bond donors (Lipinski definition) is 0. The Balaban J connectivity index is 2.27. The number of esters is 2. The van der Waals surface area contributed by atoms with Gasteiger partial charge in [-0.25, -0.2) is 0 Å². The molecule has 0 N–H and O–H groups in total. The molecular weight excluding hydrogens is 260 g/mol. The molecule has 0 amide bonds. The number of carbonyl (C=O) groups is 2. The molecule has 2 fully saturated rings. The van der Waals surface area contributed by atoms with E-state index in [1.807, 2.05) is 6.92 Å². The Kier molecular flexibility index (Phi) is 4.02. The molecule has 2 aliphatic heterocycles. The molecular formula is C15H20O5. The van der Waals surface area contributed by atoms with Gasteiger partial charge in [0, 0.05) is 13.0 Å². The van der Waals surface area contributed by atoms with Crippen molar-refractivity contribution in [3.63, 3.8) is 0 Å². The maximum atomic E-state index is 12.3. The fourth-order valence-electron chi connectivity index (χ4n) is 2.94. The first-order chi connectivity index (χ1) is 9.48. The smallest absolute Gasteiger partial charge is 0.324 e. The molecule has 110 valence electrons. The van der Waals surface area contributed by atoms with Gasteiger partial charge in [0.2, 0.25) is 0 Å². The van der Waals surface area contributed by atoms with Crippen LogP contribution in [-0.4, -0.2) is 37.4 Å². The summed E-state index contributed by atoms with van der Waals surface area (Å²) in [7, 11) is 1.27. The van der Waals surface area contributed by atoms with E-state index in [1.54, 1.807) is 6.08 Å². The quantitative estimate of drug-likeness (QED) is 0.446. The third-order valence-electron chi connectivity index (χ3n) is 4.28. The normalized spacial score (nSPS) is 36.3. The van der Waals surface area contributed by atoms with Crippen molar-refractivity contribution in [2.75, 3.05) is 13.7 Å². The van der Waals surface area contributed by atoms with Gasteiger partial charge in [0.05, 0.1) is 7.11 Å². The number of ether oxygens (including phenoxy) is 3. The molecule has 0 spiro atoms. The van der Waals surface area contributed by atoms with E-state index in [-0.39, 0.29) is 12.8 Å². The maximum Gasteiger partial charge on any atom is 0.324 e. The molecule has 0 aromatic carbocycles. The summed E-state index contributed by atoms with van der Waals surface area (Å²) in [6.45, 7) is 6.04. The zero-order chi connectivity index (χ0) is 14.8. The van der Waals surface area contributed by atoms with Crippen LogP contribution in [0.5, 0.6) is 0 Å². The van der Waals surface area contributed by atoms with Crippen LogP contribution in [0, 0.1) is 5.41 Å². The predicted molar refractivity (Wildman–Crippen MR) is 70.9 cm³/mol. The summed E-state index contributed by atoms with van der Waals surface area (Å²) in [6.07, 6.45) is 3.36. The molecule has 0 saturated carbocycles. The zero-order valence-corrected chi connectivity index (χ0v) is 11.9. The highest BCUT2D eigenvalue weighted by Gasteiger charge is 2.59. The van der Waals surface area contributed by atoms with E-state index in [2.05, 4.69) is 12.3 Å². The largest absolute Gasteiger partial charge is 0.468 e. The molecule has 0 aromatic rings. The molecule has 2 heterocycles. The second-order valence-electron chi connectivity index (χ2n) is 5.55. The van der Waals surface area contributed by atoms with Crippen molar-refractivity contribution in [3.8, 4) is 0 Å². The van der Waals surface area contributed by atoms with E-state index >= 15 is 0 Å². The van der Waals surface area contributed by atoms with E-state index in [0.29, 0.717) is 6.61 Å². The summed E-state index contributed by atoms with van der Waals surface area (Å²) >= 11 is 0. The van der Waals surface area contributed by atoms with E-state index < -0.39 is 29.1 Å². The fourth-order valence-corrected chi connectivity index (χ4v) is 2.94. The molecule has 2 saturated heterocycles. The fraction of sp³-hybridized carbons (Fsp3) is 0.667. The Hall–Kier alpha value is -1.58. The monoisotopic (exact) mass is 280 g/mol. The van der Waals surface area contributed by atoms with Crippen LogP contribution in [0.25, 0.3) is 0 Å². The highest BCUT2D eigenvalue weighted by molar-refractivity contribution is 6.01. The molecule has 2 aliphatic rings. The summed E-state index contributed by atoms with van der Waals surface area (Å²) < 4.78 is 16.0. The van der Waals surface area contributed by atoms with E-state index in [0.717, 1.165) is 12.8 Å². The van der Waals surface area contributed by atoms with Crippen molar-refractivity contribution in [1.29, 1.82) is 0 Å². The van der Waals surface area contributed by atoms with Crippen molar-refractivity contribution >= 4 is 11.9 Å². The van der Waals surface area contributed by atoms with Crippen LogP contribution in [0.4, 0.5) is 0 Å². The summed E-state index contributed by atoms with van der Waals surface area (Å²) in [6, 6.07) is 0. The Morgan fingerprint density at radius 1 is 1.65 bits per heavy atom. The lowest BCUT2D eigenvalue weighted by molar-refractivity contribution is -0.165. The van der Waals surface area contributed by atoms with Crippen molar-refractivity contribution in [1.82, 2.24) is 0 Å². The van der Waals surface area contributed by atoms with Crippen LogP contribution >= 0.6 is 0 Å². The Morgan fingerprint density at radius 2 is 2.40 bits per heavy atom. The minimum Gasteiger partial charge on any atom is -0.468 e. The van der Waals surface area contributed by atoms with Crippen molar-refractivity contribution in [2.24, 2.45) is 5.41 Å². The molecule has 3 unspecified atom stereocenters. The second-order valence-corrected chi connectivity index (χ2v) is 5.55. The summed E-state index contributed by atoms with van der Waals surface area (Å²) in [4.78, 5) is 24.4. The molecule has 0 aliphatic carbocycles. The van der Waals surface area contributed by atoms with Crippen LogP contribution in [0.2, 0.25) is 0 Å². The minimum absolute atomic E-state index is 0.189. The van der Waals surface area contributed by atoms with Crippen molar-refractivity contribution < 1.29 is 23.8 Å². The number of carbonyl (C=O) groups excluding carboxylic acids is 2. The Labute approximate surface area is 118 Å². The lowest BCUT2D eigenvalue weighted by atomic mass is 9.78. The average Bonchev–Trinajstić information content (AvgIpc) is 3.02. The third kappa shape index (κ3) is 2.28. The third-order valence-corrected chi connectivity index (χ3v) is 4.28. The number of allylic oxidation sites excluding steroid dienone is 1. The topological polar surface area (TPSA) is 61.8 Å². The Morgan fingerprint density at radius 3 is 2.95 bits per heavy atom. The lowest BCUT2D eigenvalue weighted by Crippen LogP contribution is -2.40. The lowest BCUT2D eigenvalue weighted by Gasteiger charge is -2.29. The van der Waals surface area contributed by atoms with Gasteiger partial charge < -0.3 is 14.2 Å². The molecule has 0 aromatic heterocycles. The molecule has 0 bridgehead atoms. The standard InChI is InChI=1S/C15H20O5/c1-4-5-8-15(12(16)18-3)10-11(20-13(15)17)14(2)7-6-9-19-14/h5,11H,1,6-10H2,2-3H3. The van der Waals surface area contributed by atoms with Gasteiger partial charge >= 0.3 is 11.9 Å². The van der Waals surface area contributed by atoms with Gasteiger partial charge in [-0.3, -0.25) is 9.59 Å². The first kappa shape index (κ1) is 14.8. The van der Waals surface area contributed by atoms with E-state index in [9.17, 15) is 9.59 Å². The maximum absolute atomic E-state index is 12.3. The molecule has 3 atom stereocenters. The van der Waals surface area contributed by atoms with Crippen LogP contribution < -0.4 is 0 Å². The molecule has 20 heavy (non-hydrogen) atoms. The number of rotatable bonds is 4. The second kappa shape index (κ2) is 5.43. The number of hydrogen-bond acceptors (Lipinski definition) is 5. The van der Waals surface area contributed by atoms with Crippen molar-refractivity contribution in [2.45, 2.75) is 44.3 Å². The summed E-state index contributed by atoms with van der Waals surface area (Å²) in [5, 5.41) is 0.